The van der Waals surface area contributed by atoms with Gasteiger partial charge in [0.05, 0.1) is 11.7 Å². The lowest BCUT2D eigenvalue weighted by molar-refractivity contribution is 0.861. The van der Waals surface area contributed by atoms with Crippen molar-refractivity contribution in [1.29, 1.82) is 0 Å². The van der Waals surface area contributed by atoms with Crippen molar-refractivity contribution >= 4 is 11.0 Å². The third kappa shape index (κ3) is 1.18. The van der Waals surface area contributed by atoms with Crippen LogP contribution in [-0.4, -0.2) is 15.0 Å². The van der Waals surface area contributed by atoms with E-state index in [0.717, 1.165) is 29.7 Å². The molecule has 2 rings (SSSR count). The number of nitrogens with zero attached hydrogens (tertiary/aromatic N) is 2. The molecule has 0 aliphatic heterocycles. The van der Waals surface area contributed by atoms with E-state index in [9.17, 15) is 0 Å². The molecular weight excluding hydrogens is 150 g/mol. The smallest absolute Gasteiger partial charge is 0.107 e. The fourth-order valence-electron chi connectivity index (χ4n) is 1.26. The fraction of sp³-hybridized carbons (Fsp3) is 0.333. The Labute approximate surface area is 70.9 Å². The van der Waals surface area contributed by atoms with Gasteiger partial charge in [-0.15, -0.1) is 0 Å². The predicted octanol–water partition coefficient (Wildman–Crippen LogP) is 1.91. The highest BCUT2D eigenvalue weighted by Gasteiger charge is 1.99. The standard InChI is InChI=1S/C9H11N3/c1-2-3-9-11-7-4-5-10-6-8(7)12-9/h4-6H,2-3H2,1H3,(H,11,12). The van der Waals surface area contributed by atoms with Gasteiger partial charge in [-0.3, -0.25) is 4.98 Å². The molecule has 0 radical (unpaired) electrons. The number of H-pyrrole nitrogens is 1. The van der Waals surface area contributed by atoms with Crippen LogP contribution in [0.25, 0.3) is 11.0 Å². The molecule has 0 amide bonds. The Balaban J connectivity index is 2.47. The minimum atomic E-state index is 0.959. The quantitative estimate of drug-likeness (QED) is 0.731. The van der Waals surface area contributed by atoms with Crippen LogP contribution in [0.1, 0.15) is 19.2 Å². The van der Waals surface area contributed by atoms with Gasteiger partial charge < -0.3 is 4.98 Å². The van der Waals surface area contributed by atoms with Crippen LogP contribution < -0.4 is 0 Å². The maximum absolute atomic E-state index is 4.38. The highest BCUT2D eigenvalue weighted by molar-refractivity contribution is 5.73. The first-order chi connectivity index (χ1) is 5.90. The van der Waals surface area contributed by atoms with E-state index < -0.39 is 0 Å². The summed E-state index contributed by atoms with van der Waals surface area (Å²) < 4.78 is 0. The van der Waals surface area contributed by atoms with Gasteiger partial charge in [-0.25, -0.2) is 4.98 Å². The van der Waals surface area contributed by atoms with E-state index in [1.807, 2.05) is 6.07 Å². The molecule has 0 aromatic carbocycles. The number of pyridine rings is 1. The Morgan fingerprint density at radius 1 is 1.50 bits per heavy atom. The molecule has 0 aliphatic carbocycles. The molecule has 0 aliphatic rings. The zero-order valence-corrected chi connectivity index (χ0v) is 7.04. The van der Waals surface area contributed by atoms with Crippen molar-refractivity contribution in [3.05, 3.63) is 24.3 Å². The number of rotatable bonds is 2. The molecule has 62 valence electrons. The predicted molar refractivity (Wildman–Crippen MR) is 47.9 cm³/mol. The van der Waals surface area contributed by atoms with Crippen LogP contribution >= 0.6 is 0 Å². The van der Waals surface area contributed by atoms with Crippen molar-refractivity contribution in [2.24, 2.45) is 0 Å². The largest absolute Gasteiger partial charge is 0.342 e. The monoisotopic (exact) mass is 161 g/mol. The Bertz CT molecular complexity index is 345. The first-order valence-electron chi connectivity index (χ1n) is 4.18. The highest BCUT2D eigenvalue weighted by Crippen LogP contribution is 2.09. The third-order valence-corrected chi connectivity index (χ3v) is 1.82. The first-order valence-corrected chi connectivity index (χ1v) is 4.18. The second-order valence-corrected chi connectivity index (χ2v) is 2.83. The van der Waals surface area contributed by atoms with Gasteiger partial charge >= 0.3 is 0 Å². The van der Waals surface area contributed by atoms with E-state index in [2.05, 4.69) is 21.9 Å². The molecule has 12 heavy (non-hydrogen) atoms. The van der Waals surface area contributed by atoms with Gasteiger partial charge in [0.25, 0.3) is 0 Å². The summed E-state index contributed by atoms with van der Waals surface area (Å²) in [4.78, 5) is 11.6. The summed E-state index contributed by atoms with van der Waals surface area (Å²) in [7, 11) is 0. The summed E-state index contributed by atoms with van der Waals surface area (Å²) in [6.07, 6.45) is 5.68. The lowest BCUT2D eigenvalue weighted by atomic mass is 10.3. The lowest BCUT2D eigenvalue weighted by Gasteiger charge is -1.86. The van der Waals surface area contributed by atoms with Gasteiger partial charge in [0, 0.05) is 12.6 Å². The molecule has 0 unspecified atom stereocenters. The van der Waals surface area contributed by atoms with Crippen LogP contribution in [0.15, 0.2) is 18.5 Å². The zero-order valence-electron chi connectivity index (χ0n) is 7.04. The Morgan fingerprint density at radius 2 is 2.42 bits per heavy atom. The number of fused-ring (bicyclic) bond motifs is 1. The van der Waals surface area contributed by atoms with Crippen LogP contribution in [0.4, 0.5) is 0 Å². The maximum atomic E-state index is 4.38. The number of aryl methyl sites for hydroxylation is 1. The molecule has 0 bridgehead atoms. The number of aromatic nitrogens is 3. The molecule has 0 saturated heterocycles. The van der Waals surface area contributed by atoms with Gasteiger partial charge in [0.1, 0.15) is 11.3 Å². The van der Waals surface area contributed by atoms with E-state index in [-0.39, 0.29) is 0 Å². The minimum Gasteiger partial charge on any atom is -0.342 e. The topological polar surface area (TPSA) is 41.6 Å². The number of nitrogens with one attached hydrogen (secondary N) is 1. The van der Waals surface area contributed by atoms with Crippen LogP contribution in [-0.2, 0) is 6.42 Å². The normalized spacial score (nSPS) is 10.8. The zero-order chi connectivity index (χ0) is 8.39. The molecule has 0 spiro atoms. The van der Waals surface area contributed by atoms with Crippen LogP contribution in [0.5, 0.6) is 0 Å². The third-order valence-electron chi connectivity index (χ3n) is 1.82. The molecule has 0 atom stereocenters. The molecule has 3 nitrogen and oxygen atoms in total. The van der Waals surface area contributed by atoms with Crippen molar-refractivity contribution in [1.82, 2.24) is 15.0 Å². The number of imidazole rings is 1. The lowest BCUT2D eigenvalue weighted by Crippen LogP contribution is -1.83. The summed E-state index contributed by atoms with van der Waals surface area (Å²) in [5, 5.41) is 0. The minimum absolute atomic E-state index is 0.959. The van der Waals surface area contributed by atoms with Gasteiger partial charge in [0.2, 0.25) is 0 Å². The second kappa shape index (κ2) is 2.93. The van der Waals surface area contributed by atoms with Crippen LogP contribution in [0.2, 0.25) is 0 Å². The van der Waals surface area contributed by atoms with Crippen molar-refractivity contribution in [2.45, 2.75) is 19.8 Å². The van der Waals surface area contributed by atoms with E-state index in [1.54, 1.807) is 12.4 Å². The van der Waals surface area contributed by atoms with E-state index in [0.29, 0.717) is 0 Å². The molecule has 0 saturated carbocycles. The Hall–Kier alpha value is -1.38. The SMILES string of the molecule is CCCc1nc2cnccc2[nH]1. The van der Waals surface area contributed by atoms with Gasteiger partial charge in [-0.05, 0) is 12.5 Å². The van der Waals surface area contributed by atoms with Gasteiger partial charge in [0.15, 0.2) is 0 Å². The van der Waals surface area contributed by atoms with Gasteiger partial charge in [-0.1, -0.05) is 6.92 Å². The maximum Gasteiger partial charge on any atom is 0.107 e. The average Bonchev–Trinajstić information content (AvgIpc) is 2.47. The molecule has 1 N–H and O–H groups in total. The number of hydrogen-bond acceptors (Lipinski definition) is 2. The molecule has 2 aromatic heterocycles. The number of hydrogen-bond donors (Lipinski definition) is 1. The van der Waals surface area contributed by atoms with Gasteiger partial charge in [-0.2, -0.15) is 0 Å². The summed E-state index contributed by atoms with van der Waals surface area (Å²) in [5.41, 5.74) is 2.04. The Morgan fingerprint density at radius 3 is 3.17 bits per heavy atom. The molecule has 3 heteroatoms. The molecule has 0 fully saturated rings. The van der Waals surface area contributed by atoms with E-state index in [1.165, 1.54) is 0 Å². The van der Waals surface area contributed by atoms with Crippen LogP contribution in [0, 0.1) is 0 Å². The molecular formula is C9H11N3. The van der Waals surface area contributed by atoms with Crippen molar-refractivity contribution in [3.8, 4) is 0 Å². The van der Waals surface area contributed by atoms with E-state index >= 15 is 0 Å². The summed E-state index contributed by atoms with van der Waals surface area (Å²) >= 11 is 0. The summed E-state index contributed by atoms with van der Waals surface area (Å²) in [6.45, 7) is 2.14. The van der Waals surface area contributed by atoms with Crippen molar-refractivity contribution < 1.29 is 0 Å². The average molecular weight is 161 g/mol. The second-order valence-electron chi connectivity index (χ2n) is 2.83. The van der Waals surface area contributed by atoms with E-state index in [4.69, 9.17) is 0 Å². The van der Waals surface area contributed by atoms with Crippen molar-refractivity contribution in [3.63, 3.8) is 0 Å². The fourth-order valence-corrected chi connectivity index (χ4v) is 1.26. The highest BCUT2D eigenvalue weighted by atomic mass is 14.9. The number of aromatic amines is 1. The Kier molecular flexibility index (Phi) is 1.78. The first kappa shape index (κ1) is 7.28. The molecule has 2 heterocycles. The summed E-state index contributed by atoms with van der Waals surface area (Å²) in [6, 6.07) is 1.95. The van der Waals surface area contributed by atoms with Crippen molar-refractivity contribution in [2.75, 3.05) is 0 Å². The molecule has 2 aromatic rings. The summed E-state index contributed by atoms with van der Waals surface area (Å²) in [5.74, 6) is 1.06. The van der Waals surface area contributed by atoms with Crippen LogP contribution in [0.3, 0.4) is 0 Å².